The number of rotatable bonds is 6. The summed E-state index contributed by atoms with van der Waals surface area (Å²) in [5.74, 6) is -3.48. The largest absolute Gasteiger partial charge is 0.482 e. The highest BCUT2D eigenvalue weighted by molar-refractivity contribution is 8.00. The predicted molar refractivity (Wildman–Crippen MR) is 151 cm³/mol. The van der Waals surface area contributed by atoms with Crippen LogP contribution in [-0.2, 0) is 25.3 Å². The van der Waals surface area contributed by atoms with Crippen molar-refractivity contribution in [2.75, 3.05) is 18.1 Å². The first-order valence-corrected chi connectivity index (χ1v) is 15.6. The highest BCUT2D eigenvalue weighted by Crippen LogP contribution is 2.68. The second-order valence-electron chi connectivity index (χ2n) is 11.1. The number of H-pyrrole nitrogens is 1. The molecule has 2 saturated carbocycles. The molecular formula is C30H25F3N2O6S2. The molecule has 4 unspecified atom stereocenters. The van der Waals surface area contributed by atoms with Gasteiger partial charge in [-0.05, 0) is 60.9 Å². The number of benzene rings is 2. The summed E-state index contributed by atoms with van der Waals surface area (Å²) >= 11 is 2.61. The summed E-state index contributed by atoms with van der Waals surface area (Å²) in [6, 6.07) is 11.9. The van der Waals surface area contributed by atoms with Gasteiger partial charge < -0.3 is 14.5 Å². The summed E-state index contributed by atoms with van der Waals surface area (Å²) in [5.41, 5.74) is -0.554. The third kappa shape index (κ3) is 4.42. The monoisotopic (exact) mass is 630 g/mol. The Morgan fingerprint density at radius 1 is 1.02 bits per heavy atom. The fourth-order valence-corrected chi connectivity index (χ4v) is 10.5. The predicted octanol–water partition coefficient (Wildman–Crippen LogP) is 5.08. The van der Waals surface area contributed by atoms with E-state index in [1.165, 1.54) is 30.0 Å². The van der Waals surface area contributed by atoms with E-state index < -0.39 is 47.0 Å². The van der Waals surface area contributed by atoms with Gasteiger partial charge in [0, 0.05) is 16.0 Å². The van der Waals surface area contributed by atoms with Crippen LogP contribution in [0.5, 0.6) is 5.75 Å². The number of hydrogen-bond acceptors (Lipinski definition) is 8. The van der Waals surface area contributed by atoms with Gasteiger partial charge in [0.05, 0.1) is 34.7 Å². The highest BCUT2D eigenvalue weighted by Gasteiger charge is 2.70. The van der Waals surface area contributed by atoms with E-state index in [-0.39, 0.29) is 47.0 Å². The van der Waals surface area contributed by atoms with Crippen LogP contribution in [0.2, 0.25) is 0 Å². The molecule has 13 heteroatoms. The maximum atomic E-state index is 13.9. The summed E-state index contributed by atoms with van der Waals surface area (Å²) in [6.07, 6.45) is -4.12. The molecule has 7 rings (SSSR count). The normalized spacial score (nSPS) is 28.9. The molecule has 2 aromatic carbocycles. The first-order chi connectivity index (χ1) is 20.6. The zero-order valence-electron chi connectivity index (χ0n) is 22.6. The van der Waals surface area contributed by atoms with Crippen molar-refractivity contribution < 1.29 is 37.0 Å². The minimum atomic E-state index is -4.73. The van der Waals surface area contributed by atoms with Gasteiger partial charge in [-0.2, -0.15) is 13.2 Å². The van der Waals surface area contributed by atoms with Crippen molar-refractivity contribution in [1.82, 2.24) is 4.98 Å². The van der Waals surface area contributed by atoms with Crippen molar-refractivity contribution in [2.24, 2.45) is 29.6 Å². The summed E-state index contributed by atoms with van der Waals surface area (Å²) < 4.78 is 52.1. The molecule has 224 valence electrons. The van der Waals surface area contributed by atoms with E-state index in [0.717, 1.165) is 37.8 Å². The average molecular weight is 631 g/mol. The number of halogens is 3. The van der Waals surface area contributed by atoms with Crippen molar-refractivity contribution in [3.05, 3.63) is 74.2 Å². The number of carbonyl (C=O) groups excluding carboxylic acids is 3. The Morgan fingerprint density at radius 2 is 1.72 bits per heavy atom. The van der Waals surface area contributed by atoms with Gasteiger partial charge in [-0.15, -0.1) is 11.8 Å². The van der Waals surface area contributed by atoms with E-state index in [4.69, 9.17) is 9.47 Å². The maximum Gasteiger partial charge on any atom is 0.418 e. The number of para-hydroxylation sites is 1. The van der Waals surface area contributed by atoms with Crippen LogP contribution >= 0.6 is 23.1 Å². The number of thioether (sulfide) groups is 1. The molecule has 3 fully saturated rings. The molecule has 1 aromatic heterocycles. The average Bonchev–Trinajstić information content (AvgIpc) is 3.70. The number of hydrogen-bond donors (Lipinski definition) is 1. The lowest BCUT2D eigenvalue weighted by atomic mass is 9.68. The topological polar surface area (TPSA) is 106 Å². The Kier molecular flexibility index (Phi) is 6.73. The zero-order chi connectivity index (χ0) is 30.2. The number of thiazole rings is 1. The number of imide groups is 1. The molecule has 0 spiro atoms. The quantitative estimate of drug-likeness (QED) is 0.299. The molecule has 2 aliphatic carbocycles. The lowest BCUT2D eigenvalue weighted by Gasteiger charge is -2.43. The molecule has 2 bridgehead atoms. The van der Waals surface area contributed by atoms with Gasteiger partial charge >= 0.3 is 17.0 Å². The molecule has 3 heterocycles. The van der Waals surface area contributed by atoms with Crippen LogP contribution in [0.3, 0.4) is 0 Å². The third-order valence-electron chi connectivity index (χ3n) is 9.08. The molecule has 2 amide bonds. The number of nitrogens with zero attached hydrogens (tertiary/aromatic N) is 1. The number of aromatic nitrogens is 1. The first kappa shape index (κ1) is 28.2. The number of aromatic amines is 1. The van der Waals surface area contributed by atoms with Crippen LogP contribution in [0.1, 0.15) is 35.3 Å². The Hall–Kier alpha value is -3.58. The van der Waals surface area contributed by atoms with E-state index in [1.807, 2.05) is 12.1 Å². The molecule has 8 nitrogen and oxygen atoms in total. The maximum absolute atomic E-state index is 13.9. The van der Waals surface area contributed by atoms with Crippen LogP contribution in [-0.4, -0.2) is 41.2 Å². The second kappa shape index (κ2) is 10.3. The van der Waals surface area contributed by atoms with Gasteiger partial charge in [0.25, 0.3) is 0 Å². The van der Waals surface area contributed by atoms with Crippen LogP contribution < -0.4 is 14.5 Å². The van der Waals surface area contributed by atoms with E-state index in [1.54, 1.807) is 19.1 Å². The number of nitrogens with one attached hydrogen (secondary N) is 1. The standard InChI is InChI=1S/C30H25F3N2O6S2/c1-2-40-19(36)12-41-14-9-7-13(8-10-14)20-21-15-11-16(24(21)42-26-25(20)43-29(39)34-26)23-22(15)27(37)35(28(23)38)18-6-4-3-5-17(18)30(31,32)33/h3-10,15-16,20-24H,2,11-12H2,1H3,(H,34,39)/t15-,16-,20-,21?,22?,23?,24?/m1/s1. The second-order valence-corrected chi connectivity index (χ2v) is 13.4. The number of fused-ring (bicyclic) bond motifs is 9. The van der Waals surface area contributed by atoms with Crippen molar-refractivity contribution in [1.29, 1.82) is 0 Å². The molecular weight excluding hydrogens is 605 g/mol. The highest BCUT2D eigenvalue weighted by atomic mass is 32.2. The summed E-state index contributed by atoms with van der Waals surface area (Å²) in [6.45, 7) is 1.71. The van der Waals surface area contributed by atoms with Gasteiger partial charge in [0.2, 0.25) is 11.8 Å². The number of amides is 2. The summed E-state index contributed by atoms with van der Waals surface area (Å²) in [7, 11) is 0. The summed E-state index contributed by atoms with van der Waals surface area (Å²) in [4.78, 5) is 56.1. The van der Waals surface area contributed by atoms with Gasteiger partial charge in [0.15, 0.2) is 6.61 Å². The van der Waals surface area contributed by atoms with Gasteiger partial charge in [0.1, 0.15) is 5.75 Å². The molecule has 1 N–H and O–H groups in total. The number of alkyl halides is 3. The van der Waals surface area contributed by atoms with Gasteiger partial charge in [-0.1, -0.05) is 35.6 Å². The van der Waals surface area contributed by atoms with Crippen molar-refractivity contribution >= 4 is 46.6 Å². The molecule has 1 saturated heterocycles. The molecule has 2 aliphatic heterocycles. The minimum Gasteiger partial charge on any atom is -0.482 e. The van der Waals surface area contributed by atoms with Crippen molar-refractivity contribution in [3.63, 3.8) is 0 Å². The SMILES string of the molecule is CCOC(=O)COc1ccc([C@H]2c3sc(=O)[nH]c3SC3C2[C@H]2C[C@@H]3C3C(=O)N(c4ccccc4C(F)(F)F)C(=O)C32)cc1. The summed E-state index contributed by atoms with van der Waals surface area (Å²) in [5, 5.41) is 0.618. The van der Waals surface area contributed by atoms with E-state index >= 15 is 0 Å². The first-order valence-electron chi connectivity index (χ1n) is 13.9. The van der Waals surface area contributed by atoms with Crippen LogP contribution in [0.15, 0.2) is 58.4 Å². The van der Waals surface area contributed by atoms with Crippen LogP contribution in [0, 0.1) is 29.6 Å². The smallest absolute Gasteiger partial charge is 0.418 e. The minimum absolute atomic E-state index is 0.108. The fourth-order valence-electron chi connectivity index (χ4n) is 7.65. The van der Waals surface area contributed by atoms with Gasteiger partial charge in [-0.25, -0.2) is 9.69 Å². The lowest BCUT2D eigenvalue weighted by molar-refractivity contribution is -0.145. The Morgan fingerprint density at radius 3 is 2.42 bits per heavy atom. The third-order valence-corrected chi connectivity index (χ3v) is 11.7. The zero-order valence-corrected chi connectivity index (χ0v) is 24.3. The van der Waals surface area contributed by atoms with E-state index in [0.29, 0.717) is 12.2 Å². The molecule has 43 heavy (non-hydrogen) atoms. The molecule has 7 atom stereocenters. The van der Waals surface area contributed by atoms with Crippen molar-refractivity contribution in [3.8, 4) is 5.75 Å². The molecule has 3 aromatic rings. The fraction of sp³-hybridized carbons (Fsp3) is 0.400. The van der Waals surface area contributed by atoms with E-state index in [2.05, 4.69) is 4.98 Å². The lowest BCUT2D eigenvalue weighted by Crippen LogP contribution is -2.42. The van der Waals surface area contributed by atoms with Crippen molar-refractivity contribution in [2.45, 2.75) is 35.7 Å². The number of carbonyl (C=O) groups is 3. The number of esters is 1. The van der Waals surface area contributed by atoms with E-state index in [9.17, 15) is 32.3 Å². The molecule has 4 aliphatic rings. The van der Waals surface area contributed by atoms with Crippen LogP contribution in [0.25, 0.3) is 0 Å². The Balaban J connectivity index is 1.23. The Labute approximate surface area is 251 Å². The Bertz CT molecular complexity index is 1690. The molecule has 0 radical (unpaired) electrons. The van der Waals surface area contributed by atoms with Crippen LogP contribution in [0.4, 0.5) is 18.9 Å². The number of anilines is 1. The number of ether oxygens (including phenoxy) is 2. The van der Waals surface area contributed by atoms with Gasteiger partial charge in [-0.3, -0.25) is 14.4 Å².